The van der Waals surface area contributed by atoms with Crippen molar-refractivity contribution in [2.24, 2.45) is 0 Å². The molecule has 1 unspecified atom stereocenters. The first kappa shape index (κ1) is 27.7. The fourth-order valence-corrected chi connectivity index (χ4v) is 5.06. The van der Waals surface area contributed by atoms with Crippen LogP contribution >= 0.6 is 11.6 Å². The molecule has 3 amide bonds. The van der Waals surface area contributed by atoms with Gasteiger partial charge < -0.3 is 15.0 Å². The van der Waals surface area contributed by atoms with Crippen LogP contribution in [0.2, 0.25) is 5.02 Å². The Morgan fingerprint density at radius 3 is 2.32 bits per heavy atom. The van der Waals surface area contributed by atoms with Crippen molar-refractivity contribution in [1.29, 1.82) is 0 Å². The minimum absolute atomic E-state index is 0.0965. The molecule has 0 spiro atoms. The molecule has 0 aromatic heterocycles. The highest BCUT2D eigenvalue weighted by Gasteiger charge is 2.38. The van der Waals surface area contributed by atoms with Crippen LogP contribution in [0.1, 0.15) is 54.2 Å². The molecule has 4 rings (SSSR count). The molecule has 1 atom stereocenters. The van der Waals surface area contributed by atoms with Gasteiger partial charge in [0.05, 0.1) is 28.8 Å². The first-order valence-electron chi connectivity index (χ1n) is 13.0. The summed E-state index contributed by atoms with van der Waals surface area (Å²) in [6.45, 7) is 8.85. The van der Waals surface area contributed by atoms with Crippen molar-refractivity contribution in [2.45, 2.75) is 32.7 Å². The van der Waals surface area contributed by atoms with Gasteiger partial charge in [-0.1, -0.05) is 61.8 Å². The molecule has 0 bridgehead atoms. The van der Waals surface area contributed by atoms with Crippen LogP contribution in [0.25, 0.3) is 0 Å². The van der Waals surface area contributed by atoms with E-state index in [0.717, 1.165) is 5.56 Å². The number of rotatable bonds is 7. The maximum absolute atomic E-state index is 13.2. The van der Waals surface area contributed by atoms with Gasteiger partial charge in [-0.3, -0.25) is 14.6 Å². The fraction of sp³-hybridized carbons (Fsp3) is 0.414. The summed E-state index contributed by atoms with van der Waals surface area (Å²) in [5, 5.41) is 3.41. The largest absolute Gasteiger partial charge is 0.463 e. The Morgan fingerprint density at radius 1 is 1.05 bits per heavy atom. The molecule has 2 aromatic rings. The second kappa shape index (κ2) is 12.0. The Kier molecular flexibility index (Phi) is 8.74. The van der Waals surface area contributed by atoms with Crippen molar-refractivity contribution in [1.82, 2.24) is 20.0 Å². The number of hydrogen-bond donors (Lipinski definition) is 1. The molecule has 2 heterocycles. The highest BCUT2D eigenvalue weighted by molar-refractivity contribution is 6.33. The summed E-state index contributed by atoms with van der Waals surface area (Å²) in [4.78, 5) is 44.7. The lowest BCUT2D eigenvalue weighted by atomic mass is 9.92. The summed E-state index contributed by atoms with van der Waals surface area (Å²) in [6.07, 6.45) is 0. The Labute approximate surface area is 229 Å². The highest BCUT2D eigenvalue weighted by Crippen LogP contribution is 2.32. The van der Waals surface area contributed by atoms with Gasteiger partial charge in [-0.25, -0.2) is 9.59 Å². The fourth-order valence-electron chi connectivity index (χ4n) is 4.85. The molecule has 202 valence electrons. The first-order valence-corrected chi connectivity index (χ1v) is 13.4. The van der Waals surface area contributed by atoms with Gasteiger partial charge in [-0.2, -0.15) is 0 Å². The van der Waals surface area contributed by atoms with E-state index in [9.17, 15) is 14.4 Å². The van der Waals surface area contributed by atoms with Gasteiger partial charge in [-0.05, 0) is 36.1 Å². The lowest BCUT2D eigenvalue weighted by Gasteiger charge is -2.39. The molecule has 1 saturated heterocycles. The zero-order chi connectivity index (χ0) is 27.4. The van der Waals surface area contributed by atoms with Gasteiger partial charge in [0.25, 0.3) is 5.91 Å². The van der Waals surface area contributed by atoms with Crippen molar-refractivity contribution >= 4 is 29.5 Å². The summed E-state index contributed by atoms with van der Waals surface area (Å²) in [6, 6.07) is 14.1. The number of esters is 1. The van der Waals surface area contributed by atoms with E-state index >= 15 is 0 Å². The number of amides is 3. The summed E-state index contributed by atoms with van der Waals surface area (Å²) >= 11 is 6.23. The number of urea groups is 1. The van der Waals surface area contributed by atoms with E-state index in [2.05, 4.69) is 24.1 Å². The van der Waals surface area contributed by atoms with E-state index in [1.54, 1.807) is 43.1 Å². The number of likely N-dealkylation sites (N-methyl/N-ethyl adjacent to an activating group) is 1. The van der Waals surface area contributed by atoms with E-state index in [0.29, 0.717) is 60.5 Å². The van der Waals surface area contributed by atoms with Crippen LogP contribution in [0.15, 0.2) is 59.8 Å². The van der Waals surface area contributed by atoms with Crippen LogP contribution < -0.4 is 5.32 Å². The van der Waals surface area contributed by atoms with Crippen molar-refractivity contribution in [3.05, 3.63) is 81.5 Å². The summed E-state index contributed by atoms with van der Waals surface area (Å²) in [5.74, 6) is -0.171. The molecule has 2 aliphatic rings. The summed E-state index contributed by atoms with van der Waals surface area (Å²) < 4.78 is 5.45. The number of hydrogen-bond acceptors (Lipinski definition) is 5. The molecule has 8 nitrogen and oxygen atoms in total. The number of carbonyl (C=O) groups is 3. The highest BCUT2D eigenvalue weighted by atomic mass is 35.5. The number of nitrogens with one attached hydrogen (secondary N) is 1. The van der Waals surface area contributed by atoms with E-state index < -0.39 is 12.0 Å². The maximum atomic E-state index is 13.2. The van der Waals surface area contributed by atoms with E-state index in [1.807, 2.05) is 24.3 Å². The molecule has 0 radical (unpaired) electrons. The summed E-state index contributed by atoms with van der Waals surface area (Å²) in [5.41, 5.74) is 3.53. The van der Waals surface area contributed by atoms with Gasteiger partial charge in [0, 0.05) is 45.5 Å². The molecule has 0 aliphatic carbocycles. The SMILES string of the molecule is CCOC(=O)C1=C(CN2CCN(C(=O)c3ccccc3Cl)CC2)N(C)C(=O)NC1c1ccc(C(C)C)cc1. The second-order valence-corrected chi connectivity index (χ2v) is 10.3. The third-order valence-electron chi connectivity index (χ3n) is 7.15. The normalized spacial score (nSPS) is 18.6. The van der Waals surface area contributed by atoms with Crippen molar-refractivity contribution in [3.8, 4) is 0 Å². The first-order chi connectivity index (χ1) is 18.2. The summed E-state index contributed by atoms with van der Waals surface area (Å²) in [7, 11) is 1.67. The number of halogens is 1. The lowest BCUT2D eigenvalue weighted by molar-refractivity contribution is -0.139. The zero-order valence-electron chi connectivity index (χ0n) is 22.4. The van der Waals surface area contributed by atoms with Gasteiger partial charge in [0.15, 0.2) is 0 Å². The van der Waals surface area contributed by atoms with Crippen LogP contribution in [0, 0.1) is 0 Å². The number of carbonyl (C=O) groups excluding carboxylic acids is 3. The lowest BCUT2D eigenvalue weighted by Crippen LogP contribution is -2.53. The zero-order valence-corrected chi connectivity index (χ0v) is 23.1. The molecule has 2 aromatic carbocycles. The monoisotopic (exact) mass is 538 g/mol. The number of piperazine rings is 1. The number of ether oxygens (including phenoxy) is 1. The average molecular weight is 539 g/mol. The van der Waals surface area contributed by atoms with Crippen molar-refractivity contribution in [3.63, 3.8) is 0 Å². The smallest absolute Gasteiger partial charge is 0.338 e. The topological polar surface area (TPSA) is 82.2 Å². The second-order valence-electron chi connectivity index (χ2n) is 9.89. The molecular weight excluding hydrogens is 504 g/mol. The minimum atomic E-state index is -0.614. The van der Waals surface area contributed by atoms with E-state index in [4.69, 9.17) is 16.3 Å². The van der Waals surface area contributed by atoms with Crippen LogP contribution in [0.4, 0.5) is 4.79 Å². The van der Waals surface area contributed by atoms with Crippen LogP contribution in [-0.2, 0) is 9.53 Å². The molecule has 38 heavy (non-hydrogen) atoms. The molecule has 1 N–H and O–H groups in total. The molecule has 9 heteroatoms. The minimum Gasteiger partial charge on any atom is -0.463 e. The Hall–Kier alpha value is -3.36. The van der Waals surface area contributed by atoms with E-state index in [1.165, 1.54) is 10.5 Å². The third kappa shape index (κ3) is 5.87. The van der Waals surface area contributed by atoms with Gasteiger partial charge in [0.1, 0.15) is 0 Å². The molecular formula is C29H35ClN4O4. The predicted molar refractivity (Wildman–Crippen MR) is 147 cm³/mol. The van der Waals surface area contributed by atoms with E-state index in [-0.39, 0.29) is 18.5 Å². The average Bonchev–Trinajstić information content (AvgIpc) is 2.91. The van der Waals surface area contributed by atoms with Crippen LogP contribution in [0.5, 0.6) is 0 Å². The Morgan fingerprint density at radius 2 is 1.71 bits per heavy atom. The van der Waals surface area contributed by atoms with Crippen molar-refractivity contribution < 1.29 is 19.1 Å². The molecule has 2 aliphatic heterocycles. The third-order valence-corrected chi connectivity index (χ3v) is 7.48. The standard InChI is InChI=1S/C29H35ClN4O4/c1-5-38-28(36)25-24(32(4)29(37)31-26(25)21-12-10-20(11-13-21)19(2)3)18-33-14-16-34(17-15-33)27(35)22-8-6-7-9-23(22)30/h6-13,19,26H,5,14-18H2,1-4H3,(H,31,37). The van der Waals surface area contributed by atoms with Crippen LogP contribution in [0.3, 0.4) is 0 Å². The van der Waals surface area contributed by atoms with Gasteiger partial charge in [-0.15, -0.1) is 0 Å². The predicted octanol–water partition coefficient (Wildman–Crippen LogP) is 4.43. The number of benzene rings is 2. The molecule has 1 fully saturated rings. The quantitative estimate of drug-likeness (QED) is 0.527. The van der Waals surface area contributed by atoms with Crippen molar-refractivity contribution in [2.75, 3.05) is 46.4 Å². The van der Waals surface area contributed by atoms with Gasteiger partial charge in [0.2, 0.25) is 0 Å². The van der Waals surface area contributed by atoms with Crippen LogP contribution in [-0.4, -0.2) is 79.0 Å². The Balaban J connectivity index is 1.57. The Bertz CT molecular complexity index is 1220. The van der Waals surface area contributed by atoms with Gasteiger partial charge >= 0.3 is 12.0 Å². The maximum Gasteiger partial charge on any atom is 0.338 e. The number of nitrogens with zero attached hydrogens (tertiary/aromatic N) is 3. The molecule has 0 saturated carbocycles.